The maximum atomic E-state index is 11.6. The van der Waals surface area contributed by atoms with E-state index in [0.29, 0.717) is 13.2 Å². The standard InChI is InChI=1S/C13H18N2O2/c14-15-12(16)13(7-4-8-13)10-17-9-11-5-2-1-3-6-11/h1-3,5-6H,4,7-10,14H2,(H,15,16). The van der Waals surface area contributed by atoms with E-state index < -0.39 is 0 Å². The Balaban J connectivity index is 1.83. The van der Waals surface area contributed by atoms with Crippen LogP contribution in [-0.4, -0.2) is 12.5 Å². The molecule has 1 aromatic carbocycles. The molecule has 0 atom stereocenters. The van der Waals surface area contributed by atoms with Gasteiger partial charge in [0.2, 0.25) is 5.91 Å². The summed E-state index contributed by atoms with van der Waals surface area (Å²) in [7, 11) is 0. The van der Waals surface area contributed by atoms with Crippen molar-refractivity contribution in [1.82, 2.24) is 5.43 Å². The van der Waals surface area contributed by atoms with Gasteiger partial charge in [0, 0.05) is 0 Å². The predicted octanol–water partition coefficient (Wildman–Crippen LogP) is 1.36. The van der Waals surface area contributed by atoms with Crippen molar-refractivity contribution in [3.8, 4) is 0 Å². The Kier molecular flexibility index (Phi) is 3.76. The van der Waals surface area contributed by atoms with Crippen molar-refractivity contribution in [2.24, 2.45) is 11.3 Å². The first-order chi connectivity index (χ1) is 8.27. The minimum Gasteiger partial charge on any atom is -0.376 e. The van der Waals surface area contributed by atoms with Crippen LogP contribution >= 0.6 is 0 Å². The smallest absolute Gasteiger partial charge is 0.242 e. The van der Waals surface area contributed by atoms with Gasteiger partial charge >= 0.3 is 0 Å². The fourth-order valence-electron chi connectivity index (χ4n) is 2.13. The number of carbonyl (C=O) groups excluding carboxylic acids is 1. The lowest BCUT2D eigenvalue weighted by Crippen LogP contribution is -2.50. The Morgan fingerprint density at radius 2 is 2.06 bits per heavy atom. The fraction of sp³-hybridized carbons (Fsp3) is 0.462. The number of rotatable bonds is 5. The summed E-state index contributed by atoms with van der Waals surface area (Å²) in [5.41, 5.74) is 2.97. The summed E-state index contributed by atoms with van der Waals surface area (Å²) in [4.78, 5) is 11.6. The van der Waals surface area contributed by atoms with Crippen molar-refractivity contribution in [2.75, 3.05) is 6.61 Å². The fourth-order valence-corrected chi connectivity index (χ4v) is 2.13. The lowest BCUT2D eigenvalue weighted by Gasteiger charge is -2.39. The molecule has 0 saturated heterocycles. The Hall–Kier alpha value is -1.39. The zero-order chi connectivity index (χ0) is 12.1. The molecule has 0 heterocycles. The number of benzene rings is 1. The number of nitrogens with one attached hydrogen (secondary N) is 1. The van der Waals surface area contributed by atoms with Gasteiger partial charge in [-0.1, -0.05) is 36.8 Å². The molecular weight excluding hydrogens is 216 g/mol. The molecule has 0 spiro atoms. The molecule has 1 aliphatic rings. The average Bonchev–Trinajstić information content (AvgIpc) is 2.33. The van der Waals surface area contributed by atoms with Crippen molar-refractivity contribution in [1.29, 1.82) is 0 Å². The minimum absolute atomic E-state index is 0.100. The van der Waals surface area contributed by atoms with Crippen LogP contribution in [0.4, 0.5) is 0 Å². The third-order valence-corrected chi connectivity index (χ3v) is 3.41. The van der Waals surface area contributed by atoms with E-state index in [1.807, 2.05) is 30.3 Å². The maximum absolute atomic E-state index is 11.6. The summed E-state index contributed by atoms with van der Waals surface area (Å²) in [5.74, 6) is 5.10. The zero-order valence-electron chi connectivity index (χ0n) is 9.82. The molecule has 0 unspecified atom stereocenters. The first-order valence-corrected chi connectivity index (χ1v) is 5.90. The molecule has 1 fully saturated rings. The first-order valence-electron chi connectivity index (χ1n) is 5.90. The van der Waals surface area contributed by atoms with Gasteiger partial charge in [0.1, 0.15) is 0 Å². The summed E-state index contributed by atoms with van der Waals surface area (Å²) >= 11 is 0. The molecule has 92 valence electrons. The maximum Gasteiger partial charge on any atom is 0.242 e. The Bertz CT molecular complexity index is 374. The largest absolute Gasteiger partial charge is 0.376 e. The van der Waals surface area contributed by atoms with Crippen LogP contribution < -0.4 is 11.3 Å². The van der Waals surface area contributed by atoms with Crippen molar-refractivity contribution in [3.05, 3.63) is 35.9 Å². The van der Waals surface area contributed by atoms with Gasteiger partial charge in [0.05, 0.1) is 18.6 Å². The highest BCUT2D eigenvalue weighted by molar-refractivity contribution is 5.83. The van der Waals surface area contributed by atoms with Gasteiger partial charge in [-0.2, -0.15) is 0 Å². The number of hydrogen-bond acceptors (Lipinski definition) is 3. The van der Waals surface area contributed by atoms with Crippen LogP contribution in [0, 0.1) is 5.41 Å². The molecule has 2 rings (SSSR count). The predicted molar refractivity (Wildman–Crippen MR) is 64.7 cm³/mol. The Morgan fingerprint density at radius 3 is 2.59 bits per heavy atom. The van der Waals surface area contributed by atoms with Gasteiger partial charge in [-0.05, 0) is 18.4 Å². The van der Waals surface area contributed by atoms with Gasteiger partial charge in [-0.25, -0.2) is 5.84 Å². The molecule has 1 aliphatic carbocycles. The van der Waals surface area contributed by atoms with E-state index in [1.165, 1.54) is 0 Å². The topological polar surface area (TPSA) is 64.3 Å². The SMILES string of the molecule is NNC(=O)C1(COCc2ccccc2)CCC1. The van der Waals surface area contributed by atoms with Crippen molar-refractivity contribution < 1.29 is 9.53 Å². The molecule has 4 heteroatoms. The molecule has 4 nitrogen and oxygen atoms in total. The molecule has 0 aromatic heterocycles. The van der Waals surface area contributed by atoms with E-state index in [0.717, 1.165) is 24.8 Å². The van der Waals surface area contributed by atoms with Gasteiger partial charge in [-0.3, -0.25) is 10.2 Å². The molecule has 0 bridgehead atoms. The van der Waals surface area contributed by atoms with E-state index in [2.05, 4.69) is 5.43 Å². The average molecular weight is 234 g/mol. The lowest BCUT2D eigenvalue weighted by molar-refractivity contribution is -0.142. The molecule has 1 aromatic rings. The summed E-state index contributed by atoms with van der Waals surface area (Å²) < 4.78 is 5.63. The van der Waals surface area contributed by atoms with Crippen LogP contribution in [0.2, 0.25) is 0 Å². The molecule has 3 N–H and O–H groups in total. The number of nitrogens with two attached hydrogens (primary N) is 1. The highest BCUT2D eigenvalue weighted by Crippen LogP contribution is 2.41. The molecule has 1 amide bonds. The summed E-state index contributed by atoms with van der Waals surface area (Å²) in [5, 5.41) is 0. The van der Waals surface area contributed by atoms with Crippen LogP contribution in [0.5, 0.6) is 0 Å². The number of hydrogen-bond donors (Lipinski definition) is 2. The lowest BCUT2D eigenvalue weighted by atomic mass is 9.69. The summed E-state index contributed by atoms with van der Waals surface area (Å²) in [6.07, 6.45) is 2.80. The highest BCUT2D eigenvalue weighted by atomic mass is 16.5. The van der Waals surface area contributed by atoms with Gasteiger partial charge in [0.15, 0.2) is 0 Å². The minimum atomic E-state index is -0.385. The van der Waals surface area contributed by atoms with Crippen molar-refractivity contribution in [3.63, 3.8) is 0 Å². The van der Waals surface area contributed by atoms with Gasteiger partial charge < -0.3 is 4.74 Å². The Labute approximate surface area is 101 Å². The van der Waals surface area contributed by atoms with Crippen LogP contribution in [0.3, 0.4) is 0 Å². The molecular formula is C13H18N2O2. The molecule has 0 radical (unpaired) electrons. The van der Waals surface area contributed by atoms with E-state index in [4.69, 9.17) is 10.6 Å². The van der Waals surface area contributed by atoms with Crippen LogP contribution in [0.15, 0.2) is 30.3 Å². The van der Waals surface area contributed by atoms with E-state index >= 15 is 0 Å². The second-order valence-electron chi connectivity index (χ2n) is 4.59. The molecule has 1 saturated carbocycles. The monoisotopic (exact) mass is 234 g/mol. The number of amides is 1. The van der Waals surface area contributed by atoms with Crippen LogP contribution in [-0.2, 0) is 16.1 Å². The second kappa shape index (κ2) is 5.29. The zero-order valence-corrected chi connectivity index (χ0v) is 9.82. The van der Waals surface area contributed by atoms with E-state index in [-0.39, 0.29) is 11.3 Å². The van der Waals surface area contributed by atoms with Crippen LogP contribution in [0.25, 0.3) is 0 Å². The van der Waals surface area contributed by atoms with E-state index in [1.54, 1.807) is 0 Å². The van der Waals surface area contributed by atoms with Crippen molar-refractivity contribution in [2.45, 2.75) is 25.9 Å². The van der Waals surface area contributed by atoms with Crippen LogP contribution in [0.1, 0.15) is 24.8 Å². The molecule has 17 heavy (non-hydrogen) atoms. The quantitative estimate of drug-likeness (QED) is 0.459. The van der Waals surface area contributed by atoms with E-state index in [9.17, 15) is 4.79 Å². The normalized spacial score (nSPS) is 17.2. The Morgan fingerprint density at radius 1 is 1.35 bits per heavy atom. The number of carbonyl (C=O) groups is 1. The number of hydrazine groups is 1. The van der Waals surface area contributed by atoms with Gasteiger partial charge in [0.25, 0.3) is 0 Å². The third kappa shape index (κ3) is 2.65. The second-order valence-corrected chi connectivity index (χ2v) is 4.59. The van der Waals surface area contributed by atoms with Crippen molar-refractivity contribution >= 4 is 5.91 Å². The van der Waals surface area contributed by atoms with Gasteiger partial charge in [-0.15, -0.1) is 0 Å². The third-order valence-electron chi connectivity index (χ3n) is 3.41. The highest BCUT2D eigenvalue weighted by Gasteiger charge is 2.44. The summed E-state index contributed by atoms with van der Waals surface area (Å²) in [6.45, 7) is 0.991. The summed E-state index contributed by atoms with van der Waals surface area (Å²) in [6, 6.07) is 9.94. The molecule has 0 aliphatic heterocycles. The number of ether oxygens (including phenoxy) is 1. The first kappa shape index (κ1) is 12.1.